The summed E-state index contributed by atoms with van der Waals surface area (Å²) in [6, 6.07) is 20.3. The third kappa shape index (κ3) is 5.69. The number of benzene rings is 3. The molecule has 3 N–H and O–H groups in total. The van der Waals surface area contributed by atoms with Crippen LogP contribution in [0.5, 0.6) is 5.75 Å². The molecule has 0 aliphatic rings. The van der Waals surface area contributed by atoms with Crippen LogP contribution in [0.3, 0.4) is 0 Å². The van der Waals surface area contributed by atoms with Crippen molar-refractivity contribution in [2.24, 2.45) is 0 Å². The molecule has 3 aromatic rings. The molecule has 0 radical (unpaired) electrons. The number of hydrogen-bond donors (Lipinski definition) is 3. The third-order valence-electron chi connectivity index (χ3n) is 4.64. The Kier molecular flexibility index (Phi) is 8.12. The Morgan fingerprint density at radius 1 is 0.857 bits per heavy atom. The molecule has 5 heteroatoms. The first-order chi connectivity index (χ1) is 13.8. The molecule has 0 heterocycles. The largest absolute Gasteiger partial charge is 0.488 e. The number of halogens is 1. The van der Waals surface area contributed by atoms with E-state index in [1.807, 2.05) is 30.3 Å². The standard InChI is InChI=1S/C23H27ClN2O2/c24-22-9-4-2-7-19(22)17-28-23-11-10-18-6-1-3-8-20(18)21(23)16-26-13-5-12-25-14-15-27/h1-4,6-11,25-27H,5,12-17H2. The minimum absolute atomic E-state index is 0.176. The highest BCUT2D eigenvalue weighted by Crippen LogP contribution is 2.29. The highest BCUT2D eigenvalue weighted by atomic mass is 35.5. The van der Waals surface area contributed by atoms with E-state index in [0.29, 0.717) is 13.2 Å². The van der Waals surface area contributed by atoms with Crippen LogP contribution in [0.15, 0.2) is 60.7 Å². The summed E-state index contributed by atoms with van der Waals surface area (Å²) in [5.41, 5.74) is 2.14. The van der Waals surface area contributed by atoms with E-state index in [1.54, 1.807) is 0 Å². The van der Waals surface area contributed by atoms with Crippen LogP contribution in [0, 0.1) is 0 Å². The lowest BCUT2D eigenvalue weighted by molar-refractivity contribution is 0.292. The number of fused-ring (bicyclic) bond motifs is 1. The lowest BCUT2D eigenvalue weighted by Crippen LogP contribution is -2.24. The van der Waals surface area contributed by atoms with Gasteiger partial charge < -0.3 is 20.5 Å². The first-order valence-corrected chi connectivity index (χ1v) is 10.1. The Balaban J connectivity index is 1.69. The first kappa shape index (κ1) is 20.6. The highest BCUT2D eigenvalue weighted by Gasteiger charge is 2.10. The lowest BCUT2D eigenvalue weighted by atomic mass is 10.0. The zero-order chi connectivity index (χ0) is 19.6. The fraction of sp³-hybridized carbons (Fsp3) is 0.304. The van der Waals surface area contributed by atoms with Gasteiger partial charge in [0.05, 0.1) is 6.61 Å². The summed E-state index contributed by atoms with van der Waals surface area (Å²) in [7, 11) is 0. The molecule has 0 aliphatic carbocycles. The number of nitrogens with one attached hydrogen (secondary N) is 2. The molecule has 0 amide bonds. The summed E-state index contributed by atoms with van der Waals surface area (Å²) in [6.07, 6.45) is 1.00. The van der Waals surface area contributed by atoms with E-state index in [4.69, 9.17) is 21.4 Å². The molecule has 0 fully saturated rings. The van der Waals surface area contributed by atoms with E-state index >= 15 is 0 Å². The van der Waals surface area contributed by atoms with Crippen molar-refractivity contribution < 1.29 is 9.84 Å². The molecule has 0 saturated carbocycles. The lowest BCUT2D eigenvalue weighted by Gasteiger charge is -2.16. The van der Waals surface area contributed by atoms with Gasteiger partial charge in [0.2, 0.25) is 0 Å². The van der Waals surface area contributed by atoms with Crippen molar-refractivity contribution in [3.05, 3.63) is 76.8 Å². The number of aliphatic hydroxyl groups excluding tert-OH is 1. The van der Waals surface area contributed by atoms with Gasteiger partial charge in [-0.05, 0) is 42.4 Å². The van der Waals surface area contributed by atoms with Gasteiger partial charge in [0.25, 0.3) is 0 Å². The van der Waals surface area contributed by atoms with Crippen LogP contribution >= 0.6 is 11.6 Å². The van der Waals surface area contributed by atoms with Crippen LogP contribution in [-0.4, -0.2) is 31.3 Å². The monoisotopic (exact) mass is 398 g/mol. The topological polar surface area (TPSA) is 53.5 Å². The summed E-state index contributed by atoms with van der Waals surface area (Å²) < 4.78 is 6.16. The molecule has 4 nitrogen and oxygen atoms in total. The van der Waals surface area contributed by atoms with Crippen molar-refractivity contribution in [3.8, 4) is 5.75 Å². The molecule has 0 atom stereocenters. The first-order valence-electron chi connectivity index (χ1n) is 9.68. The molecule has 0 spiro atoms. The number of rotatable bonds is 11. The Hall–Kier alpha value is -2.11. The maximum absolute atomic E-state index is 8.80. The molecule has 28 heavy (non-hydrogen) atoms. The maximum Gasteiger partial charge on any atom is 0.124 e. The van der Waals surface area contributed by atoms with Crippen LogP contribution in [0.2, 0.25) is 5.02 Å². The van der Waals surface area contributed by atoms with Crippen molar-refractivity contribution in [1.82, 2.24) is 10.6 Å². The molecule has 148 valence electrons. The number of hydrogen-bond acceptors (Lipinski definition) is 4. The molecular weight excluding hydrogens is 372 g/mol. The van der Waals surface area contributed by atoms with Gasteiger partial charge in [-0.2, -0.15) is 0 Å². The van der Waals surface area contributed by atoms with E-state index < -0.39 is 0 Å². The Bertz CT molecular complexity index is 885. The maximum atomic E-state index is 8.80. The second-order valence-corrected chi connectivity index (χ2v) is 7.05. The molecule has 0 saturated heterocycles. The summed E-state index contributed by atoms with van der Waals surface area (Å²) in [5.74, 6) is 0.879. The fourth-order valence-corrected chi connectivity index (χ4v) is 3.35. The van der Waals surface area contributed by atoms with Gasteiger partial charge in [-0.1, -0.05) is 60.1 Å². The summed E-state index contributed by atoms with van der Waals surface area (Å²) >= 11 is 6.27. The molecule has 3 rings (SSSR count). The van der Waals surface area contributed by atoms with E-state index in [0.717, 1.165) is 48.0 Å². The summed E-state index contributed by atoms with van der Waals surface area (Å²) in [5, 5.41) is 18.6. The minimum atomic E-state index is 0.176. The van der Waals surface area contributed by atoms with Crippen molar-refractivity contribution in [1.29, 1.82) is 0 Å². The van der Waals surface area contributed by atoms with E-state index in [-0.39, 0.29) is 6.61 Å². The molecular formula is C23H27ClN2O2. The second-order valence-electron chi connectivity index (χ2n) is 6.65. The van der Waals surface area contributed by atoms with Gasteiger partial charge in [-0.3, -0.25) is 0 Å². The van der Waals surface area contributed by atoms with Crippen molar-refractivity contribution in [2.75, 3.05) is 26.2 Å². The zero-order valence-corrected chi connectivity index (χ0v) is 16.7. The Labute approximate surface area is 171 Å². The van der Waals surface area contributed by atoms with Gasteiger partial charge >= 0.3 is 0 Å². The molecule has 0 bridgehead atoms. The zero-order valence-electron chi connectivity index (χ0n) is 16.0. The van der Waals surface area contributed by atoms with Crippen molar-refractivity contribution in [2.45, 2.75) is 19.6 Å². The van der Waals surface area contributed by atoms with Crippen molar-refractivity contribution >= 4 is 22.4 Å². The van der Waals surface area contributed by atoms with Gasteiger partial charge in [0.1, 0.15) is 12.4 Å². The van der Waals surface area contributed by atoms with Gasteiger partial charge in [0, 0.05) is 29.2 Å². The van der Waals surface area contributed by atoms with Crippen LogP contribution < -0.4 is 15.4 Å². The third-order valence-corrected chi connectivity index (χ3v) is 5.00. The van der Waals surface area contributed by atoms with Crippen LogP contribution in [0.1, 0.15) is 17.5 Å². The van der Waals surface area contributed by atoms with Crippen LogP contribution in [0.4, 0.5) is 0 Å². The number of aliphatic hydroxyl groups is 1. The smallest absolute Gasteiger partial charge is 0.124 e. The predicted molar refractivity (Wildman–Crippen MR) is 116 cm³/mol. The van der Waals surface area contributed by atoms with E-state index in [1.165, 1.54) is 10.8 Å². The number of ether oxygens (including phenoxy) is 1. The molecule has 0 aromatic heterocycles. The summed E-state index contributed by atoms with van der Waals surface area (Å²) in [4.78, 5) is 0. The minimum Gasteiger partial charge on any atom is -0.488 e. The Morgan fingerprint density at radius 2 is 1.64 bits per heavy atom. The average Bonchev–Trinajstić information content (AvgIpc) is 2.73. The molecule has 3 aromatic carbocycles. The van der Waals surface area contributed by atoms with Gasteiger partial charge in [0.15, 0.2) is 0 Å². The SMILES string of the molecule is OCCNCCCNCc1c(OCc2ccccc2Cl)ccc2ccccc12. The quantitative estimate of drug-likeness (QED) is 0.425. The molecule has 0 unspecified atom stereocenters. The van der Waals surface area contributed by atoms with Crippen LogP contribution in [0.25, 0.3) is 10.8 Å². The Morgan fingerprint density at radius 3 is 2.50 bits per heavy atom. The molecule has 0 aliphatic heterocycles. The highest BCUT2D eigenvalue weighted by molar-refractivity contribution is 6.31. The average molecular weight is 399 g/mol. The van der Waals surface area contributed by atoms with E-state index in [2.05, 4.69) is 41.0 Å². The van der Waals surface area contributed by atoms with Crippen molar-refractivity contribution in [3.63, 3.8) is 0 Å². The fourth-order valence-electron chi connectivity index (χ4n) is 3.16. The van der Waals surface area contributed by atoms with Gasteiger partial charge in [-0.15, -0.1) is 0 Å². The predicted octanol–water partition coefficient (Wildman–Crippen LogP) is 4.13. The van der Waals surface area contributed by atoms with E-state index in [9.17, 15) is 0 Å². The normalized spacial score (nSPS) is 11.1. The second kappa shape index (κ2) is 11.0. The van der Waals surface area contributed by atoms with Gasteiger partial charge in [-0.25, -0.2) is 0 Å². The van der Waals surface area contributed by atoms with Crippen LogP contribution in [-0.2, 0) is 13.2 Å². The summed E-state index contributed by atoms with van der Waals surface area (Å²) in [6.45, 7) is 3.78.